The molecule has 1 aromatic heterocycles. The summed E-state index contributed by atoms with van der Waals surface area (Å²) in [7, 11) is 0. The van der Waals surface area contributed by atoms with Gasteiger partial charge in [-0.2, -0.15) is 0 Å². The molecule has 0 amide bonds. The molecule has 0 bridgehead atoms. The number of benzene rings is 2. The molecule has 1 heterocycles. The maximum absolute atomic E-state index is 9.70. The number of aromatic hydroxyl groups is 1. The van der Waals surface area contributed by atoms with E-state index in [-0.39, 0.29) is 5.75 Å². The van der Waals surface area contributed by atoms with Crippen LogP contribution in [-0.2, 0) is 6.54 Å². The maximum Gasteiger partial charge on any atom is 0.161 e. The van der Waals surface area contributed by atoms with Gasteiger partial charge in [-0.15, -0.1) is 0 Å². The molecule has 3 N–H and O–H groups in total. The van der Waals surface area contributed by atoms with Crippen LogP contribution in [0.25, 0.3) is 10.9 Å². The number of ether oxygens (including phenoxy) is 1. The van der Waals surface area contributed by atoms with Crippen molar-refractivity contribution in [1.82, 2.24) is 4.98 Å². The first-order valence-corrected chi connectivity index (χ1v) is 7.02. The van der Waals surface area contributed by atoms with Crippen LogP contribution >= 0.6 is 0 Å². The van der Waals surface area contributed by atoms with Gasteiger partial charge >= 0.3 is 0 Å². The minimum Gasteiger partial charge on any atom is -0.504 e. The molecule has 0 aliphatic rings. The Balaban J connectivity index is 1.73. The fraction of sp³-hybridized carbons (Fsp3) is 0.176. The topological polar surface area (TPSA) is 57.3 Å². The van der Waals surface area contributed by atoms with Gasteiger partial charge in [0.25, 0.3) is 0 Å². The van der Waals surface area contributed by atoms with Crippen LogP contribution in [-0.4, -0.2) is 16.7 Å². The Bertz CT molecular complexity index is 749. The summed E-state index contributed by atoms with van der Waals surface area (Å²) in [5.41, 5.74) is 3.25. The number of hydrogen-bond donors (Lipinski definition) is 3. The number of aromatic amines is 1. The lowest BCUT2D eigenvalue weighted by atomic mass is 10.2. The number of anilines is 1. The average Bonchev–Trinajstić information content (AvgIpc) is 2.96. The summed E-state index contributed by atoms with van der Waals surface area (Å²) in [5.74, 6) is 0.701. The third-order valence-corrected chi connectivity index (χ3v) is 3.37. The Morgan fingerprint density at radius 3 is 2.90 bits per heavy atom. The third-order valence-electron chi connectivity index (χ3n) is 3.37. The number of H-pyrrole nitrogens is 1. The van der Waals surface area contributed by atoms with Crippen molar-refractivity contribution in [2.45, 2.75) is 13.5 Å². The highest BCUT2D eigenvalue weighted by molar-refractivity contribution is 5.82. The van der Waals surface area contributed by atoms with Gasteiger partial charge in [0, 0.05) is 29.3 Å². The average molecular weight is 282 g/mol. The van der Waals surface area contributed by atoms with Crippen LogP contribution in [0.15, 0.2) is 48.7 Å². The van der Waals surface area contributed by atoms with E-state index in [1.165, 1.54) is 5.39 Å². The van der Waals surface area contributed by atoms with Crippen LogP contribution in [0.1, 0.15) is 12.5 Å². The van der Waals surface area contributed by atoms with E-state index in [0.717, 1.165) is 16.8 Å². The molecule has 4 heteroatoms. The number of hydrogen-bond acceptors (Lipinski definition) is 3. The Morgan fingerprint density at radius 2 is 2.05 bits per heavy atom. The van der Waals surface area contributed by atoms with E-state index < -0.39 is 0 Å². The van der Waals surface area contributed by atoms with Gasteiger partial charge in [0.1, 0.15) is 0 Å². The molecule has 0 unspecified atom stereocenters. The van der Waals surface area contributed by atoms with Crippen molar-refractivity contribution in [3.63, 3.8) is 0 Å². The van der Waals surface area contributed by atoms with Crippen molar-refractivity contribution in [3.05, 3.63) is 54.2 Å². The zero-order valence-corrected chi connectivity index (χ0v) is 11.9. The molecular formula is C17H18N2O2. The Morgan fingerprint density at radius 1 is 1.14 bits per heavy atom. The third kappa shape index (κ3) is 2.94. The van der Waals surface area contributed by atoms with Gasteiger partial charge in [0.15, 0.2) is 11.5 Å². The first kappa shape index (κ1) is 13.4. The lowest BCUT2D eigenvalue weighted by molar-refractivity contribution is 0.318. The normalized spacial score (nSPS) is 10.7. The molecule has 0 atom stereocenters. The SMILES string of the molecule is CCOc1cc(CNc2ccc3[nH]ccc3c2)ccc1O. The molecule has 0 saturated heterocycles. The van der Waals surface area contributed by atoms with Gasteiger partial charge in [-0.3, -0.25) is 0 Å². The summed E-state index contributed by atoms with van der Waals surface area (Å²) < 4.78 is 5.39. The fourth-order valence-corrected chi connectivity index (χ4v) is 2.31. The minimum absolute atomic E-state index is 0.175. The molecular weight excluding hydrogens is 264 g/mol. The lowest BCUT2D eigenvalue weighted by Crippen LogP contribution is -2.00. The molecule has 0 aliphatic carbocycles. The van der Waals surface area contributed by atoms with E-state index in [9.17, 15) is 5.11 Å². The smallest absolute Gasteiger partial charge is 0.161 e. The summed E-state index contributed by atoms with van der Waals surface area (Å²) in [6, 6.07) is 13.7. The summed E-state index contributed by atoms with van der Waals surface area (Å²) in [4.78, 5) is 3.18. The molecule has 3 rings (SSSR count). The van der Waals surface area contributed by atoms with Crippen LogP contribution in [0, 0.1) is 0 Å². The zero-order valence-electron chi connectivity index (χ0n) is 11.9. The van der Waals surface area contributed by atoms with Crippen LogP contribution in [0.2, 0.25) is 0 Å². The van der Waals surface area contributed by atoms with Crippen molar-refractivity contribution in [1.29, 1.82) is 0 Å². The first-order valence-electron chi connectivity index (χ1n) is 7.02. The fourth-order valence-electron chi connectivity index (χ4n) is 2.31. The highest BCUT2D eigenvalue weighted by Gasteiger charge is 2.04. The second-order valence-electron chi connectivity index (χ2n) is 4.87. The predicted molar refractivity (Wildman–Crippen MR) is 84.9 cm³/mol. The number of nitrogens with one attached hydrogen (secondary N) is 2. The van der Waals surface area contributed by atoms with E-state index in [1.807, 2.05) is 37.4 Å². The molecule has 0 radical (unpaired) electrons. The Kier molecular flexibility index (Phi) is 3.69. The molecule has 2 aromatic carbocycles. The van der Waals surface area contributed by atoms with E-state index in [4.69, 9.17) is 4.74 Å². The van der Waals surface area contributed by atoms with Crippen molar-refractivity contribution >= 4 is 16.6 Å². The number of phenolic OH excluding ortho intramolecular Hbond substituents is 1. The number of phenols is 1. The number of rotatable bonds is 5. The maximum atomic E-state index is 9.70. The number of fused-ring (bicyclic) bond motifs is 1. The van der Waals surface area contributed by atoms with Gasteiger partial charge in [-0.05, 0) is 48.9 Å². The van der Waals surface area contributed by atoms with Gasteiger partial charge in [-0.25, -0.2) is 0 Å². The van der Waals surface area contributed by atoms with Crippen molar-refractivity contribution in [2.24, 2.45) is 0 Å². The molecule has 0 fully saturated rings. The highest BCUT2D eigenvalue weighted by atomic mass is 16.5. The standard InChI is InChI=1S/C17H18N2O2/c1-2-21-17-9-12(3-6-16(17)20)11-19-14-4-5-15-13(10-14)7-8-18-15/h3-10,18-20H,2,11H2,1H3. The summed E-state index contributed by atoms with van der Waals surface area (Å²) in [5, 5.41) is 14.3. The van der Waals surface area contributed by atoms with E-state index in [0.29, 0.717) is 18.9 Å². The molecule has 0 saturated carbocycles. The van der Waals surface area contributed by atoms with E-state index >= 15 is 0 Å². The zero-order chi connectivity index (χ0) is 14.7. The van der Waals surface area contributed by atoms with Crippen LogP contribution in [0.3, 0.4) is 0 Å². The molecule has 108 valence electrons. The monoisotopic (exact) mass is 282 g/mol. The van der Waals surface area contributed by atoms with Gasteiger partial charge in [-0.1, -0.05) is 6.07 Å². The van der Waals surface area contributed by atoms with Gasteiger partial charge in [0.05, 0.1) is 6.61 Å². The lowest BCUT2D eigenvalue weighted by Gasteiger charge is -2.10. The molecule has 4 nitrogen and oxygen atoms in total. The summed E-state index contributed by atoms with van der Waals surface area (Å²) in [6.07, 6.45) is 1.93. The Hall–Kier alpha value is -2.62. The second-order valence-corrected chi connectivity index (χ2v) is 4.87. The first-order chi connectivity index (χ1) is 10.3. The molecule has 3 aromatic rings. The van der Waals surface area contributed by atoms with E-state index in [2.05, 4.69) is 22.4 Å². The van der Waals surface area contributed by atoms with Crippen LogP contribution < -0.4 is 10.1 Å². The van der Waals surface area contributed by atoms with Crippen molar-refractivity contribution in [3.8, 4) is 11.5 Å². The number of aromatic nitrogens is 1. The van der Waals surface area contributed by atoms with Gasteiger partial charge in [0.2, 0.25) is 0 Å². The minimum atomic E-state index is 0.175. The molecule has 21 heavy (non-hydrogen) atoms. The molecule has 0 aliphatic heterocycles. The van der Waals surface area contributed by atoms with Gasteiger partial charge < -0.3 is 20.1 Å². The Labute approximate surface area is 123 Å². The van der Waals surface area contributed by atoms with Crippen molar-refractivity contribution < 1.29 is 9.84 Å². The second kappa shape index (κ2) is 5.79. The van der Waals surface area contributed by atoms with Crippen molar-refractivity contribution in [2.75, 3.05) is 11.9 Å². The largest absolute Gasteiger partial charge is 0.504 e. The molecule has 0 spiro atoms. The predicted octanol–water partition coefficient (Wildman–Crippen LogP) is 3.88. The van der Waals surface area contributed by atoms with Crippen LogP contribution in [0.5, 0.6) is 11.5 Å². The summed E-state index contributed by atoms with van der Waals surface area (Å²) >= 11 is 0. The highest BCUT2D eigenvalue weighted by Crippen LogP contribution is 2.27. The summed E-state index contributed by atoms with van der Waals surface area (Å²) in [6.45, 7) is 3.11. The van der Waals surface area contributed by atoms with E-state index in [1.54, 1.807) is 6.07 Å². The quantitative estimate of drug-likeness (QED) is 0.665. The van der Waals surface area contributed by atoms with Crippen LogP contribution in [0.4, 0.5) is 5.69 Å².